The predicted molar refractivity (Wildman–Crippen MR) is 111 cm³/mol. The maximum Gasteiger partial charge on any atom is 0.216 e. The van der Waals surface area contributed by atoms with Crippen LogP contribution >= 0.6 is 0 Å². The first-order valence-electron chi connectivity index (χ1n) is 9.72. The van der Waals surface area contributed by atoms with E-state index in [0.29, 0.717) is 19.9 Å². The van der Waals surface area contributed by atoms with Crippen molar-refractivity contribution in [2.24, 2.45) is 4.99 Å². The lowest BCUT2D eigenvalue weighted by Crippen LogP contribution is -2.57. The van der Waals surface area contributed by atoms with E-state index in [1.807, 2.05) is 24.3 Å². The highest BCUT2D eigenvalue weighted by Gasteiger charge is 2.35. The fourth-order valence-corrected chi connectivity index (χ4v) is 4.10. The van der Waals surface area contributed by atoms with Gasteiger partial charge in [0, 0.05) is 0 Å². The second kappa shape index (κ2) is 6.49. The Morgan fingerprint density at radius 3 is 2.72 bits per heavy atom. The Morgan fingerprint density at radius 1 is 1.00 bits per heavy atom. The number of benzene rings is 2. The average Bonchev–Trinajstić information content (AvgIpc) is 3.42. The fourth-order valence-electron chi connectivity index (χ4n) is 4.10. The number of guanidine groups is 1. The summed E-state index contributed by atoms with van der Waals surface area (Å²) in [5.74, 6) is 2.70. The molecular formula is C22H20N6O. The maximum atomic E-state index is 5.52. The lowest BCUT2D eigenvalue weighted by molar-refractivity contribution is 0.243. The van der Waals surface area contributed by atoms with Gasteiger partial charge < -0.3 is 9.73 Å². The zero-order valence-electron chi connectivity index (χ0n) is 15.8. The van der Waals surface area contributed by atoms with Gasteiger partial charge in [0.1, 0.15) is 11.9 Å². The SMILES string of the molecule is c1ccc([C@H]2NC3=NCN(Cc4ccco4)CN3c3nc4ccccc4n32)cc1. The Bertz CT molecular complexity index is 1180. The van der Waals surface area contributed by atoms with Gasteiger partial charge in [-0.15, -0.1) is 0 Å². The molecule has 0 saturated carbocycles. The van der Waals surface area contributed by atoms with Crippen molar-refractivity contribution in [3.63, 3.8) is 0 Å². The number of fused-ring (bicyclic) bond motifs is 5. The molecule has 0 aliphatic carbocycles. The van der Waals surface area contributed by atoms with Gasteiger partial charge in [0.25, 0.3) is 0 Å². The van der Waals surface area contributed by atoms with Crippen LogP contribution in [0.25, 0.3) is 11.0 Å². The van der Waals surface area contributed by atoms with E-state index < -0.39 is 0 Å². The molecule has 7 heteroatoms. The first-order valence-corrected chi connectivity index (χ1v) is 9.72. The fraction of sp³-hybridized carbons (Fsp3) is 0.182. The number of imidazole rings is 1. The Hall–Kier alpha value is -3.58. The third kappa shape index (κ3) is 2.70. The Kier molecular flexibility index (Phi) is 3.67. The molecule has 0 saturated heterocycles. The van der Waals surface area contributed by atoms with Crippen LogP contribution in [0, 0.1) is 0 Å². The van der Waals surface area contributed by atoms with Crippen molar-refractivity contribution in [2.45, 2.75) is 12.7 Å². The van der Waals surface area contributed by atoms with Gasteiger partial charge in [-0.1, -0.05) is 42.5 Å². The number of aliphatic imine (C=N–C) groups is 1. The van der Waals surface area contributed by atoms with E-state index in [1.54, 1.807) is 6.26 Å². The van der Waals surface area contributed by atoms with Crippen LogP contribution in [0.4, 0.5) is 5.95 Å². The molecule has 0 radical (unpaired) electrons. The number of anilines is 1. The average molecular weight is 384 g/mol. The van der Waals surface area contributed by atoms with Crippen LogP contribution in [-0.2, 0) is 6.54 Å². The zero-order valence-corrected chi connectivity index (χ0v) is 15.8. The number of hydrogen-bond donors (Lipinski definition) is 1. The van der Waals surface area contributed by atoms with Crippen molar-refractivity contribution >= 4 is 22.9 Å². The summed E-state index contributed by atoms with van der Waals surface area (Å²) in [6, 6.07) is 22.6. The van der Waals surface area contributed by atoms with E-state index in [9.17, 15) is 0 Å². The summed E-state index contributed by atoms with van der Waals surface area (Å²) in [7, 11) is 0. The monoisotopic (exact) mass is 384 g/mol. The third-order valence-corrected chi connectivity index (χ3v) is 5.44. The molecule has 2 aliphatic rings. The van der Waals surface area contributed by atoms with Gasteiger partial charge in [0.2, 0.25) is 11.9 Å². The number of nitrogens with zero attached hydrogens (tertiary/aromatic N) is 5. The predicted octanol–water partition coefficient (Wildman–Crippen LogP) is 3.37. The number of para-hydroxylation sites is 2. The highest BCUT2D eigenvalue weighted by atomic mass is 16.3. The van der Waals surface area contributed by atoms with E-state index in [4.69, 9.17) is 14.4 Å². The molecule has 6 rings (SSSR count). The second-order valence-corrected chi connectivity index (χ2v) is 7.33. The van der Waals surface area contributed by atoms with Crippen LogP contribution < -0.4 is 10.2 Å². The number of rotatable bonds is 3. The smallest absolute Gasteiger partial charge is 0.216 e. The summed E-state index contributed by atoms with van der Waals surface area (Å²) >= 11 is 0. The van der Waals surface area contributed by atoms with Crippen LogP contribution in [0.1, 0.15) is 17.5 Å². The first kappa shape index (κ1) is 16.4. The molecule has 7 nitrogen and oxygen atoms in total. The summed E-state index contributed by atoms with van der Waals surface area (Å²) in [6.45, 7) is 2.02. The zero-order chi connectivity index (χ0) is 19.2. The lowest BCUT2D eigenvalue weighted by Gasteiger charge is -2.41. The summed E-state index contributed by atoms with van der Waals surface area (Å²) in [5, 5.41) is 3.63. The minimum atomic E-state index is -0.0507. The molecule has 2 aliphatic heterocycles. The van der Waals surface area contributed by atoms with Crippen molar-refractivity contribution in [3.05, 3.63) is 84.3 Å². The topological polar surface area (TPSA) is 61.8 Å². The summed E-state index contributed by atoms with van der Waals surface area (Å²) in [6.07, 6.45) is 1.66. The van der Waals surface area contributed by atoms with Crippen LogP contribution in [0.15, 0.2) is 82.4 Å². The molecule has 29 heavy (non-hydrogen) atoms. The Balaban J connectivity index is 1.44. The van der Waals surface area contributed by atoms with Crippen molar-refractivity contribution in [2.75, 3.05) is 18.2 Å². The molecule has 4 aromatic rings. The molecule has 0 amide bonds. The maximum absolute atomic E-state index is 5.52. The normalized spacial score (nSPS) is 18.8. The third-order valence-electron chi connectivity index (χ3n) is 5.44. The molecule has 0 bridgehead atoms. The number of aromatic nitrogens is 2. The van der Waals surface area contributed by atoms with Crippen LogP contribution in [0.5, 0.6) is 0 Å². The Morgan fingerprint density at radius 2 is 1.86 bits per heavy atom. The molecule has 2 aromatic carbocycles. The second-order valence-electron chi connectivity index (χ2n) is 7.33. The van der Waals surface area contributed by atoms with E-state index in [1.165, 1.54) is 5.56 Å². The van der Waals surface area contributed by atoms with Gasteiger partial charge in [-0.2, -0.15) is 0 Å². The van der Waals surface area contributed by atoms with Crippen molar-refractivity contribution in [1.29, 1.82) is 0 Å². The molecule has 2 aromatic heterocycles. The molecule has 1 atom stereocenters. The summed E-state index contributed by atoms with van der Waals surface area (Å²) in [5.41, 5.74) is 3.26. The highest BCUT2D eigenvalue weighted by molar-refractivity contribution is 5.98. The quantitative estimate of drug-likeness (QED) is 0.587. The standard InChI is InChI=1S/C22H20N6O/c1-2-7-16(8-3-1)20-25-21-23-14-26(13-17-9-6-12-29-17)15-27(21)22-24-18-10-4-5-11-19(18)28(20)22/h1-12,20H,13-15H2,(H,23,25)/t20-/m0/s1. The largest absolute Gasteiger partial charge is 0.468 e. The van der Waals surface area contributed by atoms with Gasteiger partial charge in [-0.05, 0) is 29.8 Å². The molecule has 4 heterocycles. The molecule has 144 valence electrons. The van der Waals surface area contributed by atoms with Gasteiger partial charge in [-0.25, -0.2) is 9.98 Å². The minimum absolute atomic E-state index is 0.0507. The highest BCUT2D eigenvalue weighted by Crippen LogP contribution is 2.33. The van der Waals surface area contributed by atoms with Gasteiger partial charge >= 0.3 is 0 Å². The van der Waals surface area contributed by atoms with Crippen LogP contribution in [0.2, 0.25) is 0 Å². The van der Waals surface area contributed by atoms with Crippen LogP contribution in [-0.4, -0.2) is 33.7 Å². The number of hydrogen-bond acceptors (Lipinski definition) is 6. The lowest BCUT2D eigenvalue weighted by atomic mass is 10.1. The summed E-state index contributed by atoms with van der Waals surface area (Å²) < 4.78 is 7.78. The van der Waals surface area contributed by atoms with Gasteiger partial charge in [-0.3, -0.25) is 14.4 Å². The molecule has 0 spiro atoms. The summed E-state index contributed by atoms with van der Waals surface area (Å²) in [4.78, 5) is 14.2. The van der Waals surface area contributed by atoms with E-state index >= 15 is 0 Å². The van der Waals surface area contributed by atoms with Gasteiger partial charge in [0.05, 0.1) is 37.2 Å². The Labute approximate surface area is 167 Å². The van der Waals surface area contributed by atoms with Gasteiger partial charge in [0.15, 0.2) is 0 Å². The van der Waals surface area contributed by atoms with Crippen LogP contribution in [0.3, 0.4) is 0 Å². The van der Waals surface area contributed by atoms with Crippen molar-refractivity contribution < 1.29 is 4.42 Å². The molecule has 0 fully saturated rings. The molecule has 1 N–H and O–H groups in total. The van der Waals surface area contributed by atoms with E-state index in [-0.39, 0.29) is 6.17 Å². The minimum Gasteiger partial charge on any atom is -0.468 e. The first-order chi connectivity index (χ1) is 14.4. The van der Waals surface area contributed by atoms with Crippen molar-refractivity contribution in [3.8, 4) is 0 Å². The van der Waals surface area contributed by atoms with E-state index in [0.717, 1.165) is 28.7 Å². The molecule has 0 unspecified atom stereocenters. The van der Waals surface area contributed by atoms with E-state index in [2.05, 4.69) is 62.1 Å². The number of nitrogens with one attached hydrogen (secondary N) is 1. The number of furan rings is 1. The van der Waals surface area contributed by atoms with Crippen molar-refractivity contribution in [1.82, 2.24) is 19.8 Å². The molecular weight excluding hydrogens is 364 g/mol.